The van der Waals surface area contributed by atoms with Gasteiger partial charge in [-0.3, -0.25) is 9.79 Å². The van der Waals surface area contributed by atoms with E-state index in [1.54, 1.807) is 0 Å². The van der Waals surface area contributed by atoms with Crippen molar-refractivity contribution in [3.05, 3.63) is 23.4 Å². The maximum atomic E-state index is 13.0. The Hall–Kier alpha value is -1.91. The lowest BCUT2D eigenvalue weighted by Gasteiger charge is -2.38. The minimum atomic E-state index is -0.349. The van der Waals surface area contributed by atoms with Gasteiger partial charge >= 0.3 is 5.97 Å². The smallest absolute Gasteiger partial charge is 0.315 e. The van der Waals surface area contributed by atoms with Gasteiger partial charge in [0.1, 0.15) is 12.5 Å². The third kappa shape index (κ3) is 3.23. The summed E-state index contributed by atoms with van der Waals surface area (Å²) in [4.78, 5) is 22.8. The van der Waals surface area contributed by atoms with Crippen LogP contribution in [0.2, 0.25) is 0 Å². The first-order valence-corrected chi connectivity index (χ1v) is 10.7. The summed E-state index contributed by atoms with van der Waals surface area (Å²) in [6.45, 7) is 11.1. The lowest BCUT2D eigenvalue weighted by atomic mass is 9.68. The molecular formula is C23H32N2O3. The van der Waals surface area contributed by atoms with Crippen LogP contribution in [0.1, 0.15) is 53.9 Å². The highest BCUT2D eigenvalue weighted by molar-refractivity contribution is 6.07. The SMILES string of the molecule is CCOC(=O)C1C(C)=NC(CC)=C(C2=NC(C)(C)CO2)C1C1CC2C=CC1C2. The minimum absolute atomic E-state index is 0.0269. The molecule has 5 atom stereocenters. The Kier molecular flexibility index (Phi) is 4.96. The van der Waals surface area contributed by atoms with Crippen LogP contribution in [0.5, 0.6) is 0 Å². The first-order valence-electron chi connectivity index (χ1n) is 10.7. The number of fused-ring (bicyclic) bond motifs is 2. The van der Waals surface area contributed by atoms with Gasteiger partial charge in [0.15, 0.2) is 0 Å². The van der Waals surface area contributed by atoms with E-state index in [2.05, 4.69) is 32.9 Å². The summed E-state index contributed by atoms with van der Waals surface area (Å²) >= 11 is 0. The fourth-order valence-electron chi connectivity index (χ4n) is 5.47. The van der Waals surface area contributed by atoms with Crippen LogP contribution in [0.25, 0.3) is 0 Å². The molecule has 0 aromatic carbocycles. The Morgan fingerprint density at radius 3 is 2.61 bits per heavy atom. The molecule has 0 aromatic heterocycles. The Morgan fingerprint density at radius 1 is 1.29 bits per heavy atom. The molecule has 0 N–H and O–H groups in total. The molecule has 1 fully saturated rings. The summed E-state index contributed by atoms with van der Waals surface area (Å²) in [5.41, 5.74) is 2.71. The molecule has 5 nitrogen and oxygen atoms in total. The number of carbonyl (C=O) groups is 1. The van der Waals surface area contributed by atoms with Crippen LogP contribution in [0.15, 0.2) is 33.4 Å². The first-order chi connectivity index (χ1) is 13.3. The molecule has 0 spiro atoms. The van der Waals surface area contributed by atoms with E-state index < -0.39 is 0 Å². The van der Waals surface area contributed by atoms with Crippen LogP contribution in [-0.4, -0.2) is 36.3 Å². The van der Waals surface area contributed by atoms with Crippen molar-refractivity contribution in [3.8, 4) is 0 Å². The molecular weight excluding hydrogens is 352 g/mol. The van der Waals surface area contributed by atoms with E-state index in [4.69, 9.17) is 19.5 Å². The van der Waals surface area contributed by atoms with Crippen molar-refractivity contribution in [2.75, 3.05) is 13.2 Å². The molecule has 2 aliphatic carbocycles. The maximum Gasteiger partial charge on any atom is 0.315 e. The molecule has 1 saturated carbocycles. The largest absolute Gasteiger partial charge is 0.475 e. The molecule has 4 rings (SSSR count). The molecule has 0 amide bonds. The Balaban J connectivity index is 1.82. The summed E-state index contributed by atoms with van der Waals surface area (Å²) in [5.74, 6) is 1.76. The average molecular weight is 385 g/mol. The van der Waals surface area contributed by atoms with Crippen LogP contribution < -0.4 is 0 Å². The van der Waals surface area contributed by atoms with Crippen LogP contribution in [0.4, 0.5) is 0 Å². The van der Waals surface area contributed by atoms with Crippen molar-refractivity contribution in [1.29, 1.82) is 0 Å². The molecule has 0 aromatic rings. The van der Waals surface area contributed by atoms with Gasteiger partial charge in [-0.2, -0.15) is 0 Å². The monoisotopic (exact) mass is 384 g/mol. The van der Waals surface area contributed by atoms with E-state index in [9.17, 15) is 4.79 Å². The Labute approximate surface area is 168 Å². The van der Waals surface area contributed by atoms with E-state index in [-0.39, 0.29) is 23.3 Å². The van der Waals surface area contributed by atoms with E-state index in [1.807, 2.05) is 13.8 Å². The molecule has 28 heavy (non-hydrogen) atoms. The van der Waals surface area contributed by atoms with Gasteiger partial charge < -0.3 is 9.47 Å². The molecule has 152 valence electrons. The predicted molar refractivity (Wildman–Crippen MR) is 110 cm³/mol. The summed E-state index contributed by atoms with van der Waals surface area (Å²) in [7, 11) is 0. The van der Waals surface area contributed by atoms with Gasteiger partial charge in [-0.05, 0) is 64.7 Å². The van der Waals surface area contributed by atoms with Crippen molar-refractivity contribution in [3.63, 3.8) is 0 Å². The molecule has 2 aliphatic heterocycles. The van der Waals surface area contributed by atoms with Gasteiger partial charge in [-0.1, -0.05) is 19.1 Å². The molecule has 5 unspecified atom stereocenters. The number of nitrogens with zero attached hydrogens (tertiary/aromatic N) is 2. The van der Waals surface area contributed by atoms with E-state index >= 15 is 0 Å². The summed E-state index contributed by atoms with van der Waals surface area (Å²) < 4.78 is 11.6. The van der Waals surface area contributed by atoms with Gasteiger partial charge in [0, 0.05) is 22.9 Å². The van der Waals surface area contributed by atoms with Gasteiger partial charge in [-0.25, -0.2) is 4.99 Å². The van der Waals surface area contributed by atoms with E-state index in [0.717, 1.165) is 29.8 Å². The number of carbonyl (C=O) groups excluding carboxylic acids is 1. The topological polar surface area (TPSA) is 60.2 Å². The van der Waals surface area contributed by atoms with Crippen LogP contribution in [0.3, 0.4) is 0 Å². The minimum Gasteiger partial charge on any atom is -0.475 e. The zero-order valence-electron chi connectivity index (χ0n) is 17.7. The Bertz CT molecular complexity index is 790. The molecule has 4 aliphatic rings. The summed E-state index contributed by atoms with van der Waals surface area (Å²) in [6, 6.07) is 0. The highest BCUT2D eigenvalue weighted by atomic mass is 16.5. The standard InChI is InChI=1S/C23H32N2O3/c1-6-17-20(21-25-23(4,5)12-28-21)19(16-11-14-8-9-15(16)10-14)18(13(3)24-17)22(26)27-7-2/h8-9,14-16,18-19H,6-7,10-12H2,1-5H3. The quantitative estimate of drug-likeness (QED) is 0.523. The van der Waals surface area contributed by atoms with Crippen molar-refractivity contribution >= 4 is 17.6 Å². The van der Waals surface area contributed by atoms with Gasteiger partial charge in [0.25, 0.3) is 0 Å². The van der Waals surface area contributed by atoms with Crippen molar-refractivity contribution in [2.24, 2.45) is 39.6 Å². The highest BCUT2D eigenvalue weighted by Crippen LogP contribution is 2.53. The lowest BCUT2D eigenvalue weighted by molar-refractivity contribution is -0.147. The lowest BCUT2D eigenvalue weighted by Crippen LogP contribution is -2.42. The molecule has 0 radical (unpaired) electrons. The van der Waals surface area contributed by atoms with Gasteiger partial charge in [0.05, 0.1) is 12.1 Å². The molecule has 5 heteroatoms. The van der Waals surface area contributed by atoms with Crippen LogP contribution >= 0.6 is 0 Å². The van der Waals surface area contributed by atoms with Gasteiger partial charge in [0.2, 0.25) is 5.90 Å². The highest BCUT2D eigenvalue weighted by Gasteiger charge is 2.51. The summed E-state index contributed by atoms with van der Waals surface area (Å²) in [5, 5.41) is 0. The number of hydrogen-bond acceptors (Lipinski definition) is 5. The fourth-order valence-corrected chi connectivity index (χ4v) is 5.47. The molecule has 2 bridgehead atoms. The fraction of sp³-hybridized carbons (Fsp3) is 0.696. The second-order valence-electron chi connectivity index (χ2n) is 9.18. The second kappa shape index (κ2) is 7.16. The number of ether oxygens (including phenoxy) is 2. The number of hydrogen-bond donors (Lipinski definition) is 0. The zero-order valence-corrected chi connectivity index (χ0v) is 17.7. The van der Waals surface area contributed by atoms with E-state index in [1.165, 1.54) is 6.42 Å². The second-order valence-corrected chi connectivity index (χ2v) is 9.18. The predicted octanol–water partition coefficient (Wildman–Crippen LogP) is 4.34. The third-order valence-corrected chi connectivity index (χ3v) is 6.63. The van der Waals surface area contributed by atoms with Gasteiger partial charge in [-0.15, -0.1) is 0 Å². The van der Waals surface area contributed by atoms with Crippen molar-refractivity contribution in [2.45, 2.75) is 59.4 Å². The average Bonchev–Trinajstić information content (AvgIpc) is 3.36. The third-order valence-electron chi connectivity index (χ3n) is 6.63. The van der Waals surface area contributed by atoms with Crippen LogP contribution in [-0.2, 0) is 14.3 Å². The zero-order chi connectivity index (χ0) is 20.1. The first kappa shape index (κ1) is 19.4. The van der Waals surface area contributed by atoms with Crippen LogP contribution in [0, 0.1) is 29.6 Å². The number of rotatable bonds is 5. The van der Waals surface area contributed by atoms with Crippen molar-refractivity contribution in [1.82, 2.24) is 0 Å². The number of esters is 1. The number of aliphatic imine (C=N–C) groups is 2. The normalized spacial score (nSPS) is 35.7. The number of allylic oxidation sites excluding steroid dienone is 3. The van der Waals surface area contributed by atoms with Crippen molar-refractivity contribution < 1.29 is 14.3 Å². The van der Waals surface area contributed by atoms with E-state index in [0.29, 0.717) is 36.9 Å². The molecule has 2 heterocycles. The molecule has 0 saturated heterocycles. The maximum absolute atomic E-state index is 13.0. The summed E-state index contributed by atoms with van der Waals surface area (Å²) in [6.07, 6.45) is 7.82. The Morgan fingerprint density at radius 2 is 2.07 bits per heavy atom.